The van der Waals surface area contributed by atoms with Crippen molar-refractivity contribution in [3.05, 3.63) is 30.3 Å². The van der Waals surface area contributed by atoms with Gasteiger partial charge in [-0.2, -0.15) is 5.53 Å². The normalized spacial score (nSPS) is 30.8. The second-order valence-electron chi connectivity index (χ2n) is 7.79. The van der Waals surface area contributed by atoms with Crippen LogP contribution in [-0.2, 0) is 4.79 Å². The Morgan fingerprint density at radius 3 is 2.58 bits per heavy atom. The minimum atomic E-state index is -0.681. The maximum atomic E-state index is 11.3. The van der Waals surface area contributed by atoms with E-state index < -0.39 is 5.97 Å². The molecule has 7 heteroatoms. The van der Waals surface area contributed by atoms with Gasteiger partial charge in [0.1, 0.15) is 0 Å². The SMILES string of the molecule is O=C(O)C[C@@H]1CN(C2CCN(c3ccccc3)CC2)C[C@@H]1C1CNNN1. The van der Waals surface area contributed by atoms with Crippen molar-refractivity contribution >= 4 is 11.7 Å². The monoisotopic (exact) mass is 359 g/mol. The molecule has 0 aromatic heterocycles. The molecule has 3 aliphatic heterocycles. The Hall–Kier alpha value is -1.67. The van der Waals surface area contributed by atoms with Gasteiger partial charge < -0.3 is 10.0 Å². The van der Waals surface area contributed by atoms with Crippen molar-refractivity contribution in [2.75, 3.05) is 37.6 Å². The van der Waals surface area contributed by atoms with E-state index in [2.05, 4.69) is 56.5 Å². The third kappa shape index (κ3) is 3.86. The molecule has 1 aromatic carbocycles. The van der Waals surface area contributed by atoms with Crippen LogP contribution in [0.3, 0.4) is 0 Å². The van der Waals surface area contributed by atoms with Crippen LogP contribution in [0.1, 0.15) is 19.3 Å². The highest BCUT2D eigenvalue weighted by atomic mass is 16.4. The third-order valence-electron chi connectivity index (χ3n) is 6.24. The topological polar surface area (TPSA) is 79.9 Å². The summed E-state index contributed by atoms with van der Waals surface area (Å²) < 4.78 is 0. The number of nitrogens with zero attached hydrogens (tertiary/aromatic N) is 2. The number of carbonyl (C=O) groups is 1. The van der Waals surface area contributed by atoms with Crippen LogP contribution >= 0.6 is 0 Å². The predicted molar refractivity (Wildman–Crippen MR) is 101 cm³/mol. The van der Waals surface area contributed by atoms with Crippen molar-refractivity contribution in [1.82, 2.24) is 21.3 Å². The van der Waals surface area contributed by atoms with Gasteiger partial charge in [-0.05, 0) is 36.8 Å². The number of piperidine rings is 1. The van der Waals surface area contributed by atoms with E-state index in [1.54, 1.807) is 0 Å². The Morgan fingerprint density at radius 2 is 1.92 bits per heavy atom. The lowest BCUT2D eigenvalue weighted by Crippen LogP contribution is -2.45. The van der Waals surface area contributed by atoms with Gasteiger partial charge in [-0.15, -0.1) is 0 Å². The van der Waals surface area contributed by atoms with Crippen LogP contribution in [0.2, 0.25) is 0 Å². The van der Waals surface area contributed by atoms with Crippen LogP contribution in [0.4, 0.5) is 5.69 Å². The second-order valence-corrected chi connectivity index (χ2v) is 7.79. The van der Waals surface area contributed by atoms with E-state index in [9.17, 15) is 9.90 Å². The van der Waals surface area contributed by atoms with Crippen LogP contribution in [-0.4, -0.2) is 60.8 Å². The van der Waals surface area contributed by atoms with Crippen molar-refractivity contribution < 1.29 is 9.90 Å². The van der Waals surface area contributed by atoms with Crippen LogP contribution in [0.15, 0.2) is 30.3 Å². The van der Waals surface area contributed by atoms with E-state index in [0.29, 0.717) is 18.0 Å². The molecule has 0 bridgehead atoms. The first-order valence-corrected chi connectivity index (χ1v) is 9.70. The number of nitrogens with one attached hydrogen (secondary N) is 3. The molecule has 0 amide bonds. The number of anilines is 1. The van der Waals surface area contributed by atoms with Gasteiger partial charge in [0.15, 0.2) is 0 Å². The highest BCUT2D eigenvalue weighted by Gasteiger charge is 2.42. The summed E-state index contributed by atoms with van der Waals surface area (Å²) in [6.45, 7) is 4.90. The second kappa shape index (κ2) is 7.92. The molecule has 7 nitrogen and oxygen atoms in total. The van der Waals surface area contributed by atoms with E-state index in [1.807, 2.05) is 0 Å². The molecule has 26 heavy (non-hydrogen) atoms. The molecular formula is C19H29N5O2. The molecule has 3 saturated heterocycles. The Balaban J connectivity index is 1.36. The highest BCUT2D eigenvalue weighted by molar-refractivity contribution is 5.67. The lowest BCUT2D eigenvalue weighted by molar-refractivity contribution is -0.138. The maximum Gasteiger partial charge on any atom is 0.303 e. The predicted octanol–water partition coefficient (Wildman–Crippen LogP) is 0.659. The van der Waals surface area contributed by atoms with Crippen molar-refractivity contribution in [2.24, 2.45) is 11.8 Å². The molecule has 1 unspecified atom stereocenters. The smallest absolute Gasteiger partial charge is 0.303 e. The fraction of sp³-hybridized carbons (Fsp3) is 0.632. The van der Waals surface area contributed by atoms with Crippen LogP contribution in [0, 0.1) is 11.8 Å². The molecule has 142 valence electrons. The van der Waals surface area contributed by atoms with Gasteiger partial charge in [-0.3, -0.25) is 9.69 Å². The Morgan fingerprint density at radius 1 is 1.15 bits per heavy atom. The lowest BCUT2D eigenvalue weighted by atomic mass is 9.87. The zero-order valence-corrected chi connectivity index (χ0v) is 15.1. The summed E-state index contributed by atoms with van der Waals surface area (Å²) in [7, 11) is 0. The average Bonchev–Trinajstić information content (AvgIpc) is 3.32. The lowest BCUT2D eigenvalue weighted by Gasteiger charge is -2.38. The molecule has 3 heterocycles. The fourth-order valence-corrected chi connectivity index (χ4v) is 4.87. The Bertz CT molecular complexity index is 599. The molecule has 3 fully saturated rings. The summed E-state index contributed by atoms with van der Waals surface area (Å²) in [4.78, 5) is 16.3. The molecule has 1 aromatic rings. The number of benzene rings is 1. The van der Waals surface area contributed by atoms with Gasteiger partial charge in [0, 0.05) is 56.9 Å². The minimum Gasteiger partial charge on any atom is -0.481 e. The third-order valence-corrected chi connectivity index (χ3v) is 6.24. The number of aliphatic carboxylic acids is 1. The van der Waals surface area contributed by atoms with E-state index in [1.165, 1.54) is 5.69 Å². The number of hydrogen-bond acceptors (Lipinski definition) is 6. The number of hydrogen-bond donors (Lipinski definition) is 4. The minimum absolute atomic E-state index is 0.221. The molecule has 0 saturated carbocycles. The molecule has 0 spiro atoms. The first kappa shape index (κ1) is 17.7. The van der Waals surface area contributed by atoms with Crippen molar-refractivity contribution in [3.8, 4) is 0 Å². The van der Waals surface area contributed by atoms with Crippen LogP contribution in [0.5, 0.6) is 0 Å². The molecule has 3 atom stereocenters. The van der Waals surface area contributed by atoms with Gasteiger partial charge >= 0.3 is 5.97 Å². The first-order valence-electron chi connectivity index (χ1n) is 9.70. The van der Waals surface area contributed by atoms with Gasteiger partial charge in [-0.25, -0.2) is 10.9 Å². The van der Waals surface area contributed by atoms with E-state index in [-0.39, 0.29) is 12.3 Å². The van der Waals surface area contributed by atoms with E-state index in [0.717, 1.165) is 45.6 Å². The standard InChI is InChI=1S/C19H29N5O2/c25-19(26)10-14-12-24(13-17(14)18-11-20-22-21-18)16-6-8-23(9-7-16)15-4-2-1-3-5-15/h1-5,14,16-18,20-22H,6-13H2,(H,25,26)/t14-,17+,18?/m1/s1. The Labute approximate surface area is 154 Å². The molecular weight excluding hydrogens is 330 g/mol. The summed E-state index contributed by atoms with van der Waals surface area (Å²) >= 11 is 0. The largest absolute Gasteiger partial charge is 0.481 e. The van der Waals surface area contributed by atoms with Gasteiger partial charge in [0.2, 0.25) is 0 Å². The number of hydrazine groups is 2. The maximum absolute atomic E-state index is 11.3. The molecule has 0 aliphatic carbocycles. The van der Waals surface area contributed by atoms with Gasteiger partial charge in [0.25, 0.3) is 0 Å². The molecule has 0 radical (unpaired) electrons. The summed E-state index contributed by atoms with van der Waals surface area (Å²) in [6.07, 6.45) is 2.56. The van der Waals surface area contributed by atoms with E-state index in [4.69, 9.17) is 0 Å². The fourth-order valence-electron chi connectivity index (χ4n) is 4.87. The number of carboxylic acid groups (broad SMARTS) is 1. The van der Waals surface area contributed by atoms with E-state index >= 15 is 0 Å². The first-order chi connectivity index (χ1) is 12.7. The summed E-state index contributed by atoms with van der Waals surface area (Å²) in [5.41, 5.74) is 10.6. The van der Waals surface area contributed by atoms with Crippen LogP contribution in [0.25, 0.3) is 0 Å². The number of carboxylic acids is 1. The number of likely N-dealkylation sites (tertiary alicyclic amines) is 1. The zero-order chi connectivity index (χ0) is 17.9. The zero-order valence-electron chi connectivity index (χ0n) is 15.1. The van der Waals surface area contributed by atoms with Crippen LogP contribution < -0.4 is 21.3 Å². The molecule has 4 N–H and O–H groups in total. The van der Waals surface area contributed by atoms with Gasteiger partial charge in [-0.1, -0.05) is 18.2 Å². The summed E-state index contributed by atoms with van der Waals surface area (Å²) in [5, 5.41) is 9.32. The summed E-state index contributed by atoms with van der Waals surface area (Å²) in [5.74, 6) is -0.0840. The number of rotatable bonds is 5. The molecule has 4 rings (SSSR count). The quantitative estimate of drug-likeness (QED) is 0.615. The average molecular weight is 359 g/mol. The number of para-hydroxylation sites is 1. The molecule has 3 aliphatic rings. The Kier molecular flexibility index (Phi) is 5.40. The summed E-state index contributed by atoms with van der Waals surface area (Å²) in [6, 6.07) is 11.5. The van der Waals surface area contributed by atoms with Crippen molar-refractivity contribution in [2.45, 2.75) is 31.3 Å². The van der Waals surface area contributed by atoms with Crippen molar-refractivity contribution in [3.63, 3.8) is 0 Å². The van der Waals surface area contributed by atoms with Crippen molar-refractivity contribution in [1.29, 1.82) is 0 Å². The highest BCUT2D eigenvalue weighted by Crippen LogP contribution is 2.33. The van der Waals surface area contributed by atoms with Gasteiger partial charge in [0.05, 0.1) is 0 Å².